The van der Waals surface area contributed by atoms with Crippen LogP contribution in [0.25, 0.3) is 0 Å². The molecule has 1 aromatic carbocycles. The molecule has 6 nitrogen and oxygen atoms in total. The maximum Gasteiger partial charge on any atom is 0.249 e. The summed E-state index contributed by atoms with van der Waals surface area (Å²) in [4.78, 5) is 12.2. The molecule has 1 heterocycles. The Kier molecular flexibility index (Phi) is 7.52. The Balaban J connectivity index is 1.86. The van der Waals surface area contributed by atoms with Crippen molar-refractivity contribution in [3.05, 3.63) is 23.8 Å². The third-order valence-corrected chi connectivity index (χ3v) is 4.31. The van der Waals surface area contributed by atoms with Crippen LogP contribution in [0.15, 0.2) is 18.2 Å². The molecular weight excluding hydrogens is 320 g/mol. The summed E-state index contributed by atoms with van der Waals surface area (Å²) >= 11 is 0. The molecule has 0 aromatic heterocycles. The van der Waals surface area contributed by atoms with Gasteiger partial charge in [0, 0.05) is 13.1 Å². The van der Waals surface area contributed by atoms with Crippen LogP contribution in [-0.2, 0) is 16.1 Å². The minimum Gasteiger partial charge on any atom is -0.493 e. The third kappa shape index (κ3) is 5.90. The van der Waals surface area contributed by atoms with Crippen molar-refractivity contribution < 1.29 is 19.0 Å². The third-order valence-electron chi connectivity index (χ3n) is 4.31. The van der Waals surface area contributed by atoms with Crippen molar-refractivity contribution in [1.29, 1.82) is 0 Å². The quantitative estimate of drug-likeness (QED) is 0.714. The summed E-state index contributed by atoms with van der Waals surface area (Å²) in [5.74, 6) is 1.91. The Hall–Kier alpha value is -1.79. The Morgan fingerprint density at radius 2 is 2.16 bits per heavy atom. The van der Waals surface area contributed by atoms with Gasteiger partial charge in [0.25, 0.3) is 0 Å². The van der Waals surface area contributed by atoms with Gasteiger partial charge in [-0.2, -0.15) is 0 Å². The average Bonchev–Trinajstić information content (AvgIpc) is 3.09. The topological polar surface area (TPSA) is 82.8 Å². The van der Waals surface area contributed by atoms with Gasteiger partial charge in [-0.25, -0.2) is 0 Å². The van der Waals surface area contributed by atoms with Crippen LogP contribution in [0.2, 0.25) is 0 Å². The number of amides is 1. The molecule has 0 aliphatic carbocycles. The van der Waals surface area contributed by atoms with Gasteiger partial charge in [0.05, 0.1) is 19.8 Å². The summed E-state index contributed by atoms with van der Waals surface area (Å²) in [6.07, 6.45) is 2.16. The number of rotatable bonds is 9. The molecule has 0 bridgehead atoms. The second-order valence-electron chi connectivity index (χ2n) is 6.79. The number of hydrogen-bond acceptors (Lipinski definition) is 5. The predicted molar refractivity (Wildman–Crippen MR) is 96.7 cm³/mol. The van der Waals surface area contributed by atoms with E-state index in [1.807, 2.05) is 18.2 Å². The SMILES string of the molecule is COc1cc(CNC(=O)[C@@H]2CC[C@H](CN)O2)ccc1OCCC(C)C. The molecule has 0 radical (unpaired) electrons. The molecule has 1 saturated heterocycles. The number of nitrogens with one attached hydrogen (secondary N) is 1. The second kappa shape index (κ2) is 9.63. The van der Waals surface area contributed by atoms with E-state index in [4.69, 9.17) is 19.9 Å². The minimum atomic E-state index is -0.394. The number of benzene rings is 1. The van der Waals surface area contributed by atoms with E-state index in [0.29, 0.717) is 31.4 Å². The van der Waals surface area contributed by atoms with Crippen molar-refractivity contribution in [1.82, 2.24) is 5.32 Å². The molecule has 1 aliphatic rings. The average molecular weight is 350 g/mol. The molecule has 140 valence electrons. The minimum absolute atomic E-state index is 0.00175. The summed E-state index contributed by atoms with van der Waals surface area (Å²) in [5.41, 5.74) is 6.53. The van der Waals surface area contributed by atoms with E-state index < -0.39 is 6.10 Å². The van der Waals surface area contributed by atoms with Crippen LogP contribution in [-0.4, -0.2) is 38.4 Å². The number of ether oxygens (including phenoxy) is 3. The lowest BCUT2D eigenvalue weighted by Crippen LogP contribution is -2.35. The number of carbonyl (C=O) groups is 1. The standard InChI is InChI=1S/C19H30N2O4/c1-13(2)8-9-24-16-6-4-14(10-18(16)23-3)12-21-19(22)17-7-5-15(11-20)25-17/h4,6,10,13,15,17H,5,7-9,11-12,20H2,1-3H3,(H,21,22)/t15-,17+/m1/s1. The first kappa shape index (κ1) is 19.5. The fraction of sp³-hybridized carbons (Fsp3) is 0.632. The molecule has 2 atom stereocenters. The van der Waals surface area contributed by atoms with Gasteiger partial charge >= 0.3 is 0 Å². The molecule has 6 heteroatoms. The Labute approximate surface area is 150 Å². The van der Waals surface area contributed by atoms with Crippen LogP contribution in [0, 0.1) is 5.92 Å². The van der Waals surface area contributed by atoms with Crippen molar-refractivity contribution in [2.24, 2.45) is 11.7 Å². The van der Waals surface area contributed by atoms with Crippen molar-refractivity contribution in [2.45, 2.75) is 51.9 Å². The molecule has 0 saturated carbocycles. The van der Waals surface area contributed by atoms with Gasteiger partial charge in [0.15, 0.2) is 11.5 Å². The van der Waals surface area contributed by atoms with Gasteiger partial charge < -0.3 is 25.3 Å². The summed E-state index contributed by atoms with van der Waals surface area (Å²) in [5, 5.41) is 2.91. The van der Waals surface area contributed by atoms with Crippen molar-refractivity contribution >= 4 is 5.91 Å². The first-order valence-corrected chi connectivity index (χ1v) is 8.96. The molecular formula is C19H30N2O4. The highest BCUT2D eigenvalue weighted by atomic mass is 16.5. The van der Waals surface area contributed by atoms with E-state index in [1.54, 1.807) is 7.11 Å². The molecule has 2 rings (SSSR count). The normalized spacial score (nSPS) is 19.9. The van der Waals surface area contributed by atoms with Crippen molar-refractivity contribution in [3.8, 4) is 11.5 Å². The predicted octanol–water partition coefficient (Wildman–Crippen LogP) is 2.24. The van der Waals surface area contributed by atoms with Gasteiger partial charge in [0.1, 0.15) is 6.10 Å². The van der Waals surface area contributed by atoms with Crippen LogP contribution >= 0.6 is 0 Å². The van der Waals surface area contributed by atoms with Gasteiger partial charge in [-0.15, -0.1) is 0 Å². The van der Waals surface area contributed by atoms with Crippen LogP contribution < -0.4 is 20.5 Å². The molecule has 1 fully saturated rings. The van der Waals surface area contributed by atoms with E-state index in [-0.39, 0.29) is 12.0 Å². The molecule has 0 spiro atoms. The van der Waals surface area contributed by atoms with Gasteiger partial charge in [-0.05, 0) is 42.9 Å². The zero-order chi connectivity index (χ0) is 18.2. The highest BCUT2D eigenvalue weighted by molar-refractivity contribution is 5.81. The van der Waals surface area contributed by atoms with E-state index in [0.717, 1.165) is 30.6 Å². The monoisotopic (exact) mass is 350 g/mol. The fourth-order valence-corrected chi connectivity index (χ4v) is 2.72. The number of methoxy groups -OCH3 is 1. The number of carbonyl (C=O) groups excluding carboxylic acids is 1. The van der Waals surface area contributed by atoms with Crippen molar-refractivity contribution in [3.63, 3.8) is 0 Å². The molecule has 1 aromatic rings. The molecule has 3 N–H and O–H groups in total. The second-order valence-corrected chi connectivity index (χ2v) is 6.79. The van der Waals surface area contributed by atoms with Crippen LogP contribution in [0.5, 0.6) is 11.5 Å². The first-order valence-electron chi connectivity index (χ1n) is 8.96. The summed E-state index contributed by atoms with van der Waals surface area (Å²) in [6, 6.07) is 5.71. The van der Waals surface area contributed by atoms with Crippen LogP contribution in [0.1, 0.15) is 38.7 Å². The van der Waals surface area contributed by atoms with Crippen LogP contribution in [0.3, 0.4) is 0 Å². The van der Waals surface area contributed by atoms with E-state index in [2.05, 4.69) is 19.2 Å². The Morgan fingerprint density at radius 3 is 2.80 bits per heavy atom. The molecule has 1 aliphatic heterocycles. The lowest BCUT2D eigenvalue weighted by molar-refractivity contribution is -0.132. The van der Waals surface area contributed by atoms with E-state index >= 15 is 0 Å². The van der Waals surface area contributed by atoms with Gasteiger partial charge in [0.2, 0.25) is 5.91 Å². The highest BCUT2D eigenvalue weighted by Gasteiger charge is 2.29. The summed E-state index contributed by atoms with van der Waals surface area (Å²) in [7, 11) is 1.62. The molecule has 25 heavy (non-hydrogen) atoms. The van der Waals surface area contributed by atoms with Gasteiger partial charge in [-0.3, -0.25) is 4.79 Å². The molecule has 0 unspecified atom stereocenters. The Bertz CT molecular complexity index is 562. The summed E-state index contributed by atoms with van der Waals surface area (Å²) < 4.78 is 16.8. The zero-order valence-electron chi connectivity index (χ0n) is 15.4. The lowest BCUT2D eigenvalue weighted by Gasteiger charge is -2.15. The number of hydrogen-bond donors (Lipinski definition) is 2. The maximum atomic E-state index is 12.2. The van der Waals surface area contributed by atoms with E-state index in [1.165, 1.54) is 0 Å². The first-order chi connectivity index (χ1) is 12.0. The fourth-order valence-electron chi connectivity index (χ4n) is 2.72. The zero-order valence-corrected chi connectivity index (χ0v) is 15.4. The lowest BCUT2D eigenvalue weighted by atomic mass is 10.1. The summed E-state index contributed by atoms with van der Waals surface area (Å²) in [6.45, 7) is 5.87. The van der Waals surface area contributed by atoms with Gasteiger partial charge in [-0.1, -0.05) is 19.9 Å². The Morgan fingerprint density at radius 1 is 1.36 bits per heavy atom. The number of nitrogens with two attached hydrogens (primary N) is 1. The molecule has 1 amide bonds. The maximum absolute atomic E-state index is 12.2. The van der Waals surface area contributed by atoms with Crippen molar-refractivity contribution in [2.75, 3.05) is 20.3 Å². The highest BCUT2D eigenvalue weighted by Crippen LogP contribution is 2.28. The van der Waals surface area contributed by atoms with Crippen LogP contribution in [0.4, 0.5) is 0 Å². The van der Waals surface area contributed by atoms with E-state index in [9.17, 15) is 4.79 Å². The smallest absolute Gasteiger partial charge is 0.249 e. The largest absolute Gasteiger partial charge is 0.493 e.